The summed E-state index contributed by atoms with van der Waals surface area (Å²) in [5.74, 6) is 0.658. The van der Waals surface area contributed by atoms with Gasteiger partial charge in [-0.25, -0.2) is 0 Å². The van der Waals surface area contributed by atoms with Crippen molar-refractivity contribution in [3.63, 3.8) is 0 Å². The lowest BCUT2D eigenvalue weighted by atomic mass is 9.87. The number of carboxylic acids is 1. The minimum absolute atomic E-state index is 0.247. The van der Waals surface area contributed by atoms with E-state index in [-0.39, 0.29) is 6.04 Å². The van der Waals surface area contributed by atoms with Crippen LogP contribution in [-0.2, 0) is 4.79 Å². The van der Waals surface area contributed by atoms with Gasteiger partial charge in [-0.1, -0.05) is 19.3 Å². The monoisotopic (exact) mass is 169 g/mol. The molecule has 1 saturated heterocycles. The van der Waals surface area contributed by atoms with Crippen LogP contribution < -0.4 is 5.32 Å². The minimum Gasteiger partial charge on any atom is -0.480 e. The summed E-state index contributed by atoms with van der Waals surface area (Å²) in [5.41, 5.74) is 0. The summed E-state index contributed by atoms with van der Waals surface area (Å²) in [7, 11) is 0. The Morgan fingerprint density at radius 3 is 2.58 bits per heavy atom. The van der Waals surface area contributed by atoms with E-state index in [9.17, 15) is 4.79 Å². The number of hydrogen-bond acceptors (Lipinski definition) is 2. The van der Waals surface area contributed by atoms with Gasteiger partial charge in [0.2, 0.25) is 0 Å². The third kappa shape index (κ3) is 1.61. The summed E-state index contributed by atoms with van der Waals surface area (Å²) < 4.78 is 0. The predicted molar refractivity (Wildman–Crippen MR) is 44.9 cm³/mol. The zero-order chi connectivity index (χ0) is 8.55. The van der Waals surface area contributed by atoms with Gasteiger partial charge in [-0.15, -0.1) is 0 Å². The van der Waals surface area contributed by atoms with Gasteiger partial charge >= 0.3 is 5.97 Å². The van der Waals surface area contributed by atoms with E-state index >= 15 is 0 Å². The normalized spacial score (nSPS) is 34.3. The molecule has 0 radical (unpaired) electrons. The minimum atomic E-state index is -0.679. The Morgan fingerprint density at radius 2 is 2.17 bits per heavy atom. The fourth-order valence-electron chi connectivity index (χ4n) is 1.82. The lowest BCUT2D eigenvalue weighted by molar-refractivity contribution is -0.143. The summed E-state index contributed by atoms with van der Waals surface area (Å²) in [5, 5.41) is 11.7. The highest BCUT2D eigenvalue weighted by Crippen LogP contribution is 2.35. The van der Waals surface area contributed by atoms with E-state index in [1.807, 2.05) is 0 Å². The van der Waals surface area contributed by atoms with Crippen LogP contribution in [-0.4, -0.2) is 23.7 Å². The van der Waals surface area contributed by atoms with E-state index < -0.39 is 5.97 Å². The van der Waals surface area contributed by atoms with Crippen LogP contribution in [0, 0.1) is 11.8 Å². The zero-order valence-electron chi connectivity index (χ0n) is 7.12. The summed E-state index contributed by atoms with van der Waals surface area (Å²) in [6.45, 7) is 0.906. The van der Waals surface area contributed by atoms with E-state index in [2.05, 4.69) is 5.32 Å². The van der Waals surface area contributed by atoms with E-state index in [0.717, 1.165) is 18.9 Å². The molecule has 3 heteroatoms. The molecule has 0 aromatic carbocycles. The molecule has 0 aromatic heterocycles. The molecule has 2 aliphatic rings. The zero-order valence-corrected chi connectivity index (χ0v) is 7.12. The van der Waals surface area contributed by atoms with Gasteiger partial charge in [0.1, 0.15) is 6.04 Å². The Labute approximate surface area is 72.2 Å². The molecule has 2 unspecified atom stereocenters. The van der Waals surface area contributed by atoms with Crippen LogP contribution in [0.15, 0.2) is 0 Å². The SMILES string of the molecule is O=C(O)C1NCC1CCC1CC1. The van der Waals surface area contributed by atoms with E-state index in [1.54, 1.807) is 0 Å². The van der Waals surface area contributed by atoms with Crippen molar-refractivity contribution < 1.29 is 9.90 Å². The van der Waals surface area contributed by atoms with Crippen molar-refractivity contribution in [3.05, 3.63) is 0 Å². The number of carbonyl (C=O) groups is 1. The first-order valence-electron chi connectivity index (χ1n) is 4.73. The third-order valence-electron chi connectivity index (χ3n) is 2.98. The maximum absolute atomic E-state index is 10.6. The van der Waals surface area contributed by atoms with Gasteiger partial charge in [-0.3, -0.25) is 4.79 Å². The Bertz CT molecular complexity index is 189. The Balaban J connectivity index is 1.69. The number of hydrogen-bond donors (Lipinski definition) is 2. The molecule has 1 saturated carbocycles. The molecule has 0 aromatic rings. The van der Waals surface area contributed by atoms with Crippen LogP contribution in [0.25, 0.3) is 0 Å². The van der Waals surface area contributed by atoms with Gasteiger partial charge in [0.25, 0.3) is 0 Å². The second kappa shape index (κ2) is 3.05. The molecular formula is C9H15NO2. The molecule has 3 nitrogen and oxygen atoms in total. The van der Waals surface area contributed by atoms with E-state index in [4.69, 9.17) is 5.11 Å². The van der Waals surface area contributed by atoms with Crippen molar-refractivity contribution >= 4 is 5.97 Å². The van der Waals surface area contributed by atoms with Gasteiger partial charge in [0.05, 0.1) is 0 Å². The first-order chi connectivity index (χ1) is 5.77. The molecule has 2 atom stereocenters. The first-order valence-corrected chi connectivity index (χ1v) is 4.73. The highest BCUT2D eigenvalue weighted by atomic mass is 16.4. The lowest BCUT2D eigenvalue weighted by Gasteiger charge is -2.34. The summed E-state index contributed by atoms with van der Waals surface area (Å²) in [6, 6.07) is -0.247. The van der Waals surface area contributed by atoms with Crippen molar-refractivity contribution in [3.8, 4) is 0 Å². The van der Waals surface area contributed by atoms with Crippen molar-refractivity contribution in [1.29, 1.82) is 0 Å². The molecule has 68 valence electrons. The number of carboxylic acid groups (broad SMARTS) is 1. The number of aliphatic carboxylic acids is 1. The van der Waals surface area contributed by atoms with Crippen molar-refractivity contribution in [1.82, 2.24) is 5.32 Å². The van der Waals surface area contributed by atoms with Crippen LogP contribution >= 0.6 is 0 Å². The molecule has 0 amide bonds. The molecule has 2 rings (SSSR count). The first kappa shape index (κ1) is 8.05. The molecule has 2 N–H and O–H groups in total. The topological polar surface area (TPSA) is 49.3 Å². The average Bonchev–Trinajstić information content (AvgIpc) is 2.67. The predicted octanol–water partition coefficient (Wildman–Crippen LogP) is 0.849. The number of nitrogens with one attached hydrogen (secondary N) is 1. The van der Waals surface area contributed by atoms with Gasteiger partial charge < -0.3 is 10.4 Å². The third-order valence-corrected chi connectivity index (χ3v) is 2.98. The van der Waals surface area contributed by atoms with E-state index in [1.165, 1.54) is 19.3 Å². The molecule has 1 aliphatic carbocycles. The van der Waals surface area contributed by atoms with Gasteiger partial charge in [-0.05, 0) is 18.3 Å². The smallest absolute Gasteiger partial charge is 0.321 e. The summed E-state index contributed by atoms with van der Waals surface area (Å²) >= 11 is 0. The van der Waals surface area contributed by atoms with Crippen LogP contribution in [0.1, 0.15) is 25.7 Å². The fourth-order valence-corrected chi connectivity index (χ4v) is 1.82. The second-order valence-corrected chi connectivity index (χ2v) is 4.00. The largest absolute Gasteiger partial charge is 0.480 e. The maximum Gasteiger partial charge on any atom is 0.321 e. The van der Waals surface area contributed by atoms with Crippen LogP contribution in [0.5, 0.6) is 0 Å². The van der Waals surface area contributed by atoms with Crippen LogP contribution in [0.3, 0.4) is 0 Å². The Kier molecular flexibility index (Phi) is 2.05. The maximum atomic E-state index is 10.6. The molecule has 1 aliphatic heterocycles. The van der Waals surface area contributed by atoms with Crippen LogP contribution in [0.4, 0.5) is 0 Å². The molecule has 0 spiro atoms. The fraction of sp³-hybridized carbons (Fsp3) is 0.889. The van der Waals surface area contributed by atoms with E-state index in [0.29, 0.717) is 5.92 Å². The standard InChI is InChI=1S/C9H15NO2/c11-9(12)8-7(5-10-8)4-3-6-1-2-6/h6-8,10H,1-5H2,(H,11,12). The second-order valence-electron chi connectivity index (χ2n) is 4.00. The molecule has 12 heavy (non-hydrogen) atoms. The summed E-state index contributed by atoms with van der Waals surface area (Å²) in [6.07, 6.45) is 5.10. The quantitative estimate of drug-likeness (QED) is 0.656. The highest BCUT2D eigenvalue weighted by molar-refractivity contribution is 5.75. The lowest BCUT2D eigenvalue weighted by Crippen LogP contribution is -2.57. The van der Waals surface area contributed by atoms with Gasteiger partial charge in [0, 0.05) is 6.54 Å². The molecule has 2 fully saturated rings. The van der Waals surface area contributed by atoms with Gasteiger partial charge in [0.15, 0.2) is 0 Å². The van der Waals surface area contributed by atoms with Gasteiger partial charge in [-0.2, -0.15) is 0 Å². The molecule has 0 bridgehead atoms. The molecular weight excluding hydrogens is 154 g/mol. The Hall–Kier alpha value is -0.570. The number of rotatable bonds is 4. The highest BCUT2D eigenvalue weighted by Gasteiger charge is 2.36. The average molecular weight is 169 g/mol. The van der Waals surface area contributed by atoms with Crippen molar-refractivity contribution in [2.45, 2.75) is 31.7 Å². The summed E-state index contributed by atoms with van der Waals surface area (Å²) in [4.78, 5) is 10.6. The van der Waals surface area contributed by atoms with Crippen molar-refractivity contribution in [2.24, 2.45) is 11.8 Å². The molecule has 1 heterocycles. The van der Waals surface area contributed by atoms with Crippen molar-refractivity contribution in [2.75, 3.05) is 6.54 Å². The Morgan fingerprint density at radius 1 is 1.42 bits per heavy atom. The van der Waals surface area contributed by atoms with Crippen LogP contribution in [0.2, 0.25) is 0 Å².